The lowest BCUT2D eigenvalue weighted by Gasteiger charge is -2.16. The molecule has 1 atom stereocenters. The Morgan fingerprint density at radius 1 is 1.06 bits per heavy atom. The first-order valence-electron chi connectivity index (χ1n) is 5.43. The van der Waals surface area contributed by atoms with Gasteiger partial charge in [-0.05, 0) is 46.9 Å². The Labute approximate surface area is 119 Å². The van der Waals surface area contributed by atoms with E-state index in [1.54, 1.807) is 0 Å². The van der Waals surface area contributed by atoms with Crippen LogP contribution >= 0.6 is 22.6 Å². The largest absolute Gasteiger partial charge is 0.476 e. The fourth-order valence-corrected chi connectivity index (χ4v) is 1.93. The van der Waals surface area contributed by atoms with Crippen molar-refractivity contribution in [2.75, 3.05) is 0 Å². The van der Waals surface area contributed by atoms with Gasteiger partial charge in [0.25, 0.3) is 5.91 Å². The Kier molecular flexibility index (Phi) is 4.19. The smallest absolute Gasteiger partial charge is 0.263 e. The normalized spacial score (nSPS) is 11.8. The molecule has 2 N–H and O–H groups in total. The minimum atomic E-state index is -0.758. The summed E-state index contributed by atoms with van der Waals surface area (Å²) in [6.07, 6.45) is -0.758. The van der Waals surface area contributed by atoms with Gasteiger partial charge in [-0.2, -0.15) is 0 Å². The SMILES string of the molecule is NC(=O)C(Oc1ccc(I)cc1)c1ccccc1. The summed E-state index contributed by atoms with van der Waals surface area (Å²) in [6, 6.07) is 16.7. The Hall–Kier alpha value is -1.56. The average molecular weight is 353 g/mol. The molecule has 18 heavy (non-hydrogen) atoms. The second-order valence-corrected chi connectivity index (χ2v) is 5.01. The van der Waals surface area contributed by atoms with Crippen LogP contribution in [0.2, 0.25) is 0 Å². The first-order valence-corrected chi connectivity index (χ1v) is 6.51. The van der Waals surface area contributed by atoms with Gasteiger partial charge in [0.15, 0.2) is 0 Å². The lowest BCUT2D eigenvalue weighted by atomic mass is 10.1. The van der Waals surface area contributed by atoms with Gasteiger partial charge in [-0.1, -0.05) is 30.3 Å². The van der Waals surface area contributed by atoms with Crippen LogP contribution in [0.3, 0.4) is 0 Å². The van der Waals surface area contributed by atoms with Gasteiger partial charge >= 0.3 is 0 Å². The number of carbonyl (C=O) groups is 1. The van der Waals surface area contributed by atoms with E-state index >= 15 is 0 Å². The van der Waals surface area contributed by atoms with Crippen molar-refractivity contribution in [2.24, 2.45) is 5.73 Å². The van der Waals surface area contributed by atoms with E-state index in [4.69, 9.17) is 10.5 Å². The minimum absolute atomic E-state index is 0.500. The highest BCUT2D eigenvalue weighted by atomic mass is 127. The highest BCUT2D eigenvalue weighted by Crippen LogP contribution is 2.22. The van der Waals surface area contributed by atoms with Gasteiger partial charge in [0.2, 0.25) is 6.10 Å². The fraction of sp³-hybridized carbons (Fsp3) is 0.0714. The molecule has 0 heterocycles. The number of carbonyl (C=O) groups excluding carboxylic acids is 1. The number of amides is 1. The molecule has 2 aromatic carbocycles. The van der Waals surface area contributed by atoms with Crippen molar-refractivity contribution >= 4 is 28.5 Å². The van der Waals surface area contributed by atoms with Crippen LogP contribution in [0.1, 0.15) is 11.7 Å². The standard InChI is InChI=1S/C14H12INO2/c15-11-6-8-12(9-7-11)18-13(14(16)17)10-4-2-1-3-5-10/h1-9,13H,(H2,16,17). The van der Waals surface area contributed by atoms with E-state index in [9.17, 15) is 4.79 Å². The molecule has 0 aliphatic rings. The monoisotopic (exact) mass is 353 g/mol. The third-order valence-corrected chi connectivity index (χ3v) is 3.15. The van der Waals surface area contributed by atoms with Crippen LogP contribution in [0.4, 0.5) is 0 Å². The van der Waals surface area contributed by atoms with E-state index in [2.05, 4.69) is 22.6 Å². The van der Waals surface area contributed by atoms with E-state index in [0.717, 1.165) is 9.13 Å². The second-order valence-electron chi connectivity index (χ2n) is 3.76. The first-order chi connectivity index (χ1) is 8.66. The molecule has 2 aromatic rings. The van der Waals surface area contributed by atoms with Gasteiger partial charge < -0.3 is 10.5 Å². The Bertz CT molecular complexity index is 525. The summed E-state index contributed by atoms with van der Waals surface area (Å²) in [7, 11) is 0. The van der Waals surface area contributed by atoms with E-state index < -0.39 is 12.0 Å². The molecule has 0 aliphatic carbocycles. The summed E-state index contributed by atoms with van der Waals surface area (Å²) in [6.45, 7) is 0. The zero-order valence-electron chi connectivity index (χ0n) is 9.55. The number of ether oxygens (including phenoxy) is 1. The molecule has 0 spiro atoms. The third-order valence-electron chi connectivity index (χ3n) is 2.43. The highest BCUT2D eigenvalue weighted by Gasteiger charge is 2.19. The van der Waals surface area contributed by atoms with Crippen molar-refractivity contribution in [3.63, 3.8) is 0 Å². The molecule has 92 valence electrons. The maximum atomic E-state index is 11.5. The van der Waals surface area contributed by atoms with Crippen molar-refractivity contribution in [3.8, 4) is 5.75 Å². The van der Waals surface area contributed by atoms with Crippen molar-refractivity contribution in [3.05, 3.63) is 63.7 Å². The molecule has 1 unspecified atom stereocenters. The fourth-order valence-electron chi connectivity index (χ4n) is 1.57. The van der Waals surface area contributed by atoms with Gasteiger partial charge in [0.05, 0.1) is 0 Å². The summed E-state index contributed by atoms with van der Waals surface area (Å²) in [5.41, 5.74) is 6.13. The van der Waals surface area contributed by atoms with Crippen LogP contribution < -0.4 is 10.5 Å². The molecule has 2 rings (SSSR count). The molecule has 0 radical (unpaired) electrons. The minimum Gasteiger partial charge on any atom is -0.476 e. The maximum absolute atomic E-state index is 11.5. The molecule has 1 amide bonds. The summed E-state index contributed by atoms with van der Waals surface area (Å²) in [5, 5.41) is 0. The second kappa shape index (κ2) is 5.86. The van der Waals surface area contributed by atoms with Crippen molar-refractivity contribution < 1.29 is 9.53 Å². The molecular weight excluding hydrogens is 341 g/mol. The Balaban J connectivity index is 2.22. The highest BCUT2D eigenvalue weighted by molar-refractivity contribution is 14.1. The van der Waals surface area contributed by atoms with Gasteiger partial charge in [0, 0.05) is 9.13 Å². The quantitative estimate of drug-likeness (QED) is 0.860. The molecule has 0 bridgehead atoms. The molecule has 4 heteroatoms. The maximum Gasteiger partial charge on any atom is 0.263 e. The van der Waals surface area contributed by atoms with Crippen molar-refractivity contribution in [1.29, 1.82) is 0 Å². The number of halogens is 1. The van der Waals surface area contributed by atoms with E-state index in [-0.39, 0.29) is 0 Å². The predicted molar refractivity (Wildman–Crippen MR) is 78.2 cm³/mol. The van der Waals surface area contributed by atoms with Gasteiger partial charge in [0.1, 0.15) is 5.75 Å². The molecule has 0 saturated heterocycles. The number of primary amides is 1. The zero-order valence-corrected chi connectivity index (χ0v) is 11.7. The molecule has 0 saturated carbocycles. The number of benzene rings is 2. The van der Waals surface area contributed by atoms with Crippen LogP contribution in [-0.2, 0) is 4.79 Å². The molecule has 0 aliphatic heterocycles. The number of hydrogen-bond acceptors (Lipinski definition) is 2. The molecular formula is C14H12INO2. The molecule has 0 fully saturated rings. The van der Waals surface area contributed by atoms with E-state index in [1.807, 2.05) is 54.6 Å². The topological polar surface area (TPSA) is 52.3 Å². The predicted octanol–water partition coefficient (Wildman–Crippen LogP) is 2.90. The van der Waals surface area contributed by atoms with E-state index in [1.165, 1.54) is 0 Å². The van der Waals surface area contributed by atoms with Crippen LogP contribution in [0.5, 0.6) is 5.75 Å². The zero-order chi connectivity index (χ0) is 13.0. The Morgan fingerprint density at radius 3 is 2.22 bits per heavy atom. The lowest BCUT2D eigenvalue weighted by Crippen LogP contribution is -2.26. The van der Waals surface area contributed by atoms with Gasteiger partial charge in [-0.15, -0.1) is 0 Å². The molecule has 0 aromatic heterocycles. The van der Waals surface area contributed by atoms with Crippen LogP contribution in [-0.4, -0.2) is 5.91 Å². The average Bonchev–Trinajstić information content (AvgIpc) is 2.38. The van der Waals surface area contributed by atoms with Crippen molar-refractivity contribution in [2.45, 2.75) is 6.10 Å². The first kappa shape index (κ1) is 12.9. The molecule has 3 nitrogen and oxygen atoms in total. The van der Waals surface area contributed by atoms with Gasteiger partial charge in [-0.25, -0.2) is 0 Å². The van der Waals surface area contributed by atoms with Crippen LogP contribution in [0, 0.1) is 3.57 Å². The van der Waals surface area contributed by atoms with Crippen LogP contribution in [0.15, 0.2) is 54.6 Å². The number of rotatable bonds is 4. The lowest BCUT2D eigenvalue weighted by molar-refractivity contribution is -0.125. The van der Waals surface area contributed by atoms with E-state index in [0.29, 0.717) is 5.75 Å². The summed E-state index contributed by atoms with van der Waals surface area (Å²) >= 11 is 2.21. The Morgan fingerprint density at radius 2 is 1.67 bits per heavy atom. The van der Waals surface area contributed by atoms with Gasteiger partial charge in [-0.3, -0.25) is 4.79 Å². The van der Waals surface area contributed by atoms with Crippen molar-refractivity contribution in [1.82, 2.24) is 0 Å². The third kappa shape index (κ3) is 3.22. The number of hydrogen-bond donors (Lipinski definition) is 1. The van der Waals surface area contributed by atoms with Crippen LogP contribution in [0.25, 0.3) is 0 Å². The summed E-state index contributed by atoms with van der Waals surface area (Å²) < 4.78 is 6.75. The summed E-state index contributed by atoms with van der Waals surface area (Å²) in [5.74, 6) is 0.128. The number of nitrogens with two attached hydrogens (primary N) is 1. The summed E-state index contributed by atoms with van der Waals surface area (Å²) in [4.78, 5) is 11.5.